The van der Waals surface area contributed by atoms with Crippen LogP contribution in [-0.4, -0.2) is 105 Å². The molecule has 2 aliphatic rings. The molecule has 2 amide bonds. The number of hydrogen-bond acceptors (Lipinski definition) is 6. The maximum absolute atomic E-state index is 13.2. The topological polar surface area (TPSA) is 71.5 Å². The van der Waals surface area contributed by atoms with Crippen molar-refractivity contribution in [2.45, 2.75) is 25.4 Å². The summed E-state index contributed by atoms with van der Waals surface area (Å²) < 4.78 is 17.3. The van der Waals surface area contributed by atoms with E-state index < -0.39 is 5.60 Å². The second kappa shape index (κ2) is 11.3. The molecule has 1 unspecified atom stereocenters. The summed E-state index contributed by atoms with van der Waals surface area (Å²) in [6.45, 7) is 6.69. The van der Waals surface area contributed by atoms with E-state index in [-0.39, 0.29) is 24.8 Å². The molecule has 1 aromatic rings. The Morgan fingerprint density at radius 1 is 1.12 bits per heavy atom. The molecule has 0 spiro atoms. The first-order valence-corrected chi connectivity index (χ1v) is 11.5. The van der Waals surface area contributed by atoms with E-state index in [2.05, 4.69) is 11.9 Å². The van der Waals surface area contributed by atoms with E-state index in [1.54, 1.807) is 24.1 Å². The number of likely N-dealkylation sites (N-methyl/N-ethyl adjacent to an activating group) is 1. The van der Waals surface area contributed by atoms with E-state index in [0.717, 1.165) is 18.7 Å². The zero-order chi connectivity index (χ0) is 23.1. The minimum absolute atomic E-state index is 0.00564. The van der Waals surface area contributed by atoms with E-state index in [1.165, 1.54) is 0 Å². The number of morpholine rings is 1. The highest BCUT2D eigenvalue weighted by Crippen LogP contribution is 2.27. The number of hydrogen-bond donors (Lipinski definition) is 0. The molecule has 8 nitrogen and oxygen atoms in total. The Labute approximate surface area is 195 Å². The molecule has 2 fully saturated rings. The summed E-state index contributed by atoms with van der Waals surface area (Å²) in [6.07, 6.45) is 0.466. The van der Waals surface area contributed by atoms with Gasteiger partial charge in [0.2, 0.25) is 11.8 Å². The number of amides is 2. The molecular formula is C23H34ClN3O5. The average Bonchev–Trinajstić information content (AvgIpc) is 2.79. The van der Waals surface area contributed by atoms with Gasteiger partial charge >= 0.3 is 0 Å². The Bertz CT molecular complexity index is 800. The van der Waals surface area contributed by atoms with Gasteiger partial charge in [0, 0.05) is 44.9 Å². The fraction of sp³-hybridized carbons (Fsp3) is 0.652. The number of ether oxygens (including phenoxy) is 3. The maximum Gasteiger partial charge on any atom is 0.225 e. The van der Waals surface area contributed by atoms with Gasteiger partial charge in [-0.15, -0.1) is 0 Å². The first kappa shape index (κ1) is 24.8. The number of nitrogens with zero attached hydrogens (tertiary/aromatic N) is 3. The zero-order valence-electron chi connectivity index (χ0n) is 19.3. The van der Waals surface area contributed by atoms with Gasteiger partial charge in [0.25, 0.3) is 0 Å². The number of halogens is 1. The number of rotatable bonds is 8. The lowest BCUT2D eigenvalue weighted by Crippen LogP contribution is -2.59. The predicted molar refractivity (Wildman–Crippen MR) is 122 cm³/mol. The molecule has 3 rings (SSSR count). The molecule has 2 saturated heterocycles. The number of carbonyl (C=O) groups is 2. The van der Waals surface area contributed by atoms with Gasteiger partial charge in [0.05, 0.1) is 32.6 Å². The first-order valence-electron chi connectivity index (χ1n) is 11.1. The quantitative estimate of drug-likeness (QED) is 0.581. The van der Waals surface area contributed by atoms with Crippen molar-refractivity contribution in [2.75, 3.05) is 73.2 Å². The van der Waals surface area contributed by atoms with Crippen LogP contribution in [0.15, 0.2) is 18.2 Å². The van der Waals surface area contributed by atoms with Gasteiger partial charge in [-0.2, -0.15) is 0 Å². The first-order chi connectivity index (χ1) is 15.3. The Hall–Kier alpha value is -1.87. The van der Waals surface area contributed by atoms with Crippen molar-refractivity contribution in [3.63, 3.8) is 0 Å². The number of piperazine rings is 1. The molecule has 0 aromatic heterocycles. The van der Waals surface area contributed by atoms with E-state index in [0.29, 0.717) is 56.6 Å². The van der Waals surface area contributed by atoms with Gasteiger partial charge in [0.15, 0.2) is 0 Å². The lowest BCUT2D eigenvalue weighted by atomic mass is 9.96. The number of aryl methyl sites for hydroxylation is 1. The van der Waals surface area contributed by atoms with Crippen LogP contribution in [0.5, 0.6) is 5.75 Å². The third-order valence-corrected chi connectivity index (χ3v) is 6.51. The summed E-state index contributed by atoms with van der Waals surface area (Å²) in [5.41, 5.74) is 0.00209. The van der Waals surface area contributed by atoms with Crippen molar-refractivity contribution >= 4 is 23.4 Å². The van der Waals surface area contributed by atoms with E-state index in [9.17, 15) is 9.59 Å². The van der Waals surface area contributed by atoms with Crippen LogP contribution in [0.1, 0.15) is 18.4 Å². The van der Waals surface area contributed by atoms with Gasteiger partial charge in [-0.05, 0) is 37.7 Å². The Kier molecular flexibility index (Phi) is 8.76. The molecule has 0 saturated carbocycles. The van der Waals surface area contributed by atoms with Crippen LogP contribution in [0.2, 0.25) is 5.02 Å². The maximum atomic E-state index is 13.2. The molecule has 9 heteroatoms. The van der Waals surface area contributed by atoms with Gasteiger partial charge in [-0.1, -0.05) is 11.6 Å². The number of benzene rings is 1. The summed E-state index contributed by atoms with van der Waals surface area (Å²) in [4.78, 5) is 31.7. The minimum atomic E-state index is -0.908. The van der Waals surface area contributed by atoms with Crippen molar-refractivity contribution in [3.8, 4) is 5.75 Å². The molecule has 0 bridgehead atoms. The van der Waals surface area contributed by atoms with Crippen LogP contribution in [0.3, 0.4) is 0 Å². The molecule has 1 aromatic carbocycles. The monoisotopic (exact) mass is 467 g/mol. The Balaban J connectivity index is 1.73. The van der Waals surface area contributed by atoms with Crippen molar-refractivity contribution in [1.82, 2.24) is 14.7 Å². The molecule has 1 atom stereocenters. The zero-order valence-corrected chi connectivity index (χ0v) is 20.0. The highest BCUT2D eigenvalue weighted by Gasteiger charge is 2.42. The fourth-order valence-electron chi connectivity index (χ4n) is 4.02. The highest BCUT2D eigenvalue weighted by atomic mass is 35.5. The van der Waals surface area contributed by atoms with Crippen molar-refractivity contribution in [3.05, 3.63) is 28.8 Å². The van der Waals surface area contributed by atoms with Gasteiger partial charge in [0.1, 0.15) is 18.0 Å². The van der Waals surface area contributed by atoms with Crippen molar-refractivity contribution in [2.24, 2.45) is 0 Å². The Morgan fingerprint density at radius 3 is 2.56 bits per heavy atom. The smallest absolute Gasteiger partial charge is 0.225 e. The summed E-state index contributed by atoms with van der Waals surface area (Å²) in [5.74, 6) is 0.679. The molecule has 2 aliphatic heterocycles. The van der Waals surface area contributed by atoms with Crippen LogP contribution in [0, 0.1) is 6.92 Å². The van der Waals surface area contributed by atoms with Crippen LogP contribution >= 0.6 is 11.6 Å². The lowest BCUT2D eigenvalue weighted by Gasteiger charge is -2.43. The van der Waals surface area contributed by atoms with Crippen LogP contribution < -0.4 is 4.74 Å². The molecule has 0 N–H and O–H groups in total. The van der Waals surface area contributed by atoms with Crippen LogP contribution in [0.4, 0.5) is 0 Å². The molecule has 2 heterocycles. The number of carbonyl (C=O) groups excluding carboxylic acids is 2. The lowest BCUT2D eigenvalue weighted by molar-refractivity contribution is -0.166. The summed E-state index contributed by atoms with van der Waals surface area (Å²) in [5, 5.41) is 0.668. The van der Waals surface area contributed by atoms with Crippen LogP contribution in [-0.2, 0) is 19.1 Å². The molecular weight excluding hydrogens is 434 g/mol. The predicted octanol–water partition coefficient (Wildman–Crippen LogP) is 1.83. The standard InChI is InChI=1S/C23H34ClN3O5/c1-18-14-19(4-5-20(18)24)31-17-23(15-22(29)26-9-7-25(2)8-10-26)16-27(11-13-32-23)21(28)6-12-30-3/h4-5,14H,6-13,15-17H2,1-3H3. The third kappa shape index (κ3) is 6.57. The van der Waals surface area contributed by atoms with Crippen LogP contribution in [0.25, 0.3) is 0 Å². The Morgan fingerprint density at radius 2 is 1.88 bits per heavy atom. The molecule has 178 valence electrons. The third-order valence-electron chi connectivity index (χ3n) is 6.08. The van der Waals surface area contributed by atoms with Crippen molar-refractivity contribution < 1.29 is 23.8 Å². The van der Waals surface area contributed by atoms with E-state index in [1.807, 2.05) is 17.9 Å². The summed E-state index contributed by atoms with van der Waals surface area (Å²) >= 11 is 6.13. The largest absolute Gasteiger partial charge is 0.490 e. The molecule has 0 radical (unpaired) electrons. The number of methoxy groups -OCH3 is 1. The van der Waals surface area contributed by atoms with Gasteiger partial charge in [-0.25, -0.2) is 0 Å². The minimum Gasteiger partial charge on any atom is -0.490 e. The average molecular weight is 468 g/mol. The second-order valence-corrected chi connectivity index (χ2v) is 9.06. The fourth-order valence-corrected chi connectivity index (χ4v) is 4.13. The van der Waals surface area contributed by atoms with Gasteiger partial charge < -0.3 is 28.9 Å². The summed E-state index contributed by atoms with van der Waals surface area (Å²) in [6, 6.07) is 5.45. The second-order valence-electron chi connectivity index (χ2n) is 8.65. The normalized spacial score (nSPS) is 22.1. The van der Waals surface area contributed by atoms with Crippen molar-refractivity contribution in [1.29, 1.82) is 0 Å². The van der Waals surface area contributed by atoms with E-state index in [4.69, 9.17) is 25.8 Å². The molecule has 32 heavy (non-hydrogen) atoms. The molecule has 0 aliphatic carbocycles. The SMILES string of the molecule is COCCC(=O)N1CCOC(COc2ccc(Cl)c(C)c2)(CC(=O)N2CCN(C)CC2)C1. The van der Waals surface area contributed by atoms with Gasteiger partial charge in [-0.3, -0.25) is 9.59 Å². The highest BCUT2D eigenvalue weighted by molar-refractivity contribution is 6.31. The summed E-state index contributed by atoms with van der Waals surface area (Å²) in [7, 11) is 3.63. The van der Waals surface area contributed by atoms with E-state index >= 15 is 0 Å².